The number of furan rings is 1. The summed E-state index contributed by atoms with van der Waals surface area (Å²) >= 11 is 0. The standard InChI is InChI=1S/C12H13NO/c1-9-4-5-10(8-13)11(7-9)12-3-2-6-14-12/h2-7H,8,13H2,1H3. The number of benzene rings is 1. The largest absolute Gasteiger partial charge is 0.464 e. The van der Waals surface area contributed by atoms with E-state index in [-0.39, 0.29) is 0 Å². The smallest absolute Gasteiger partial charge is 0.134 e. The van der Waals surface area contributed by atoms with Gasteiger partial charge in [-0.05, 0) is 30.7 Å². The normalized spacial score (nSPS) is 10.4. The summed E-state index contributed by atoms with van der Waals surface area (Å²) in [6.45, 7) is 2.60. The summed E-state index contributed by atoms with van der Waals surface area (Å²) in [4.78, 5) is 0. The summed E-state index contributed by atoms with van der Waals surface area (Å²) in [5.74, 6) is 0.883. The van der Waals surface area contributed by atoms with E-state index in [9.17, 15) is 0 Å². The molecule has 2 heteroatoms. The van der Waals surface area contributed by atoms with Crippen molar-refractivity contribution >= 4 is 0 Å². The van der Waals surface area contributed by atoms with Gasteiger partial charge in [0.2, 0.25) is 0 Å². The lowest BCUT2D eigenvalue weighted by Gasteiger charge is -2.05. The predicted molar refractivity (Wildman–Crippen MR) is 56.8 cm³/mol. The molecule has 72 valence electrons. The fourth-order valence-corrected chi connectivity index (χ4v) is 1.53. The molecule has 0 amide bonds. The average molecular weight is 187 g/mol. The molecule has 0 unspecified atom stereocenters. The first-order valence-electron chi connectivity index (χ1n) is 4.65. The molecule has 2 aromatic rings. The molecule has 0 spiro atoms. The van der Waals surface area contributed by atoms with E-state index in [2.05, 4.69) is 19.1 Å². The molecule has 2 rings (SSSR count). The highest BCUT2D eigenvalue weighted by Gasteiger charge is 2.05. The molecule has 2 N–H and O–H groups in total. The SMILES string of the molecule is Cc1ccc(CN)c(-c2ccco2)c1. The Morgan fingerprint density at radius 2 is 2.14 bits per heavy atom. The molecule has 0 aliphatic carbocycles. The molecule has 0 aliphatic heterocycles. The van der Waals surface area contributed by atoms with Gasteiger partial charge in [0.1, 0.15) is 5.76 Å². The summed E-state index contributed by atoms with van der Waals surface area (Å²) in [5, 5.41) is 0. The Kier molecular flexibility index (Phi) is 2.37. The van der Waals surface area contributed by atoms with Crippen LogP contribution in [0.25, 0.3) is 11.3 Å². The average Bonchev–Trinajstić information content (AvgIpc) is 2.70. The van der Waals surface area contributed by atoms with E-state index in [1.807, 2.05) is 18.2 Å². The zero-order valence-electron chi connectivity index (χ0n) is 8.16. The highest BCUT2D eigenvalue weighted by molar-refractivity contribution is 5.63. The molecule has 1 aromatic heterocycles. The lowest BCUT2D eigenvalue weighted by atomic mass is 10.0. The summed E-state index contributed by atoms with van der Waals surface area (Å²) in [6.07, 6.45) is 1.68. The molecule has 0 atom stereocenters. The van der Waals surface area contributed by atoms with Gasteiger partial charge in [-0.15, -0.1) is 0 Å². The van der Waals surface area contributed by atoms with Gasteiger partial charge in [0.05, 0.1) is 6.26 Å². The number of hydrogen-bond acceptors (Lipinski definition) is 2. The second kappa shape index (κ2) is 3.68. The summed E-state index contributed by atoms with van der Waals surface area (Å²) < 4.78 is 5.36. The molecule has 0 saturated heterocycles. The van der Waals surface area contributed by atoms with Crippen molar-refractivity contribution in [2.45, 2.75) is 13.5 Å². The Balaban J connectivity index is 2.55. The molecule has 1 aromatic carbocycles. The number of nitrogens with two attached hydrogens (primary N) is 1. The van der Waals surface area contributed by atoms with Crippen LogP contribution in [0.4, 0.5) is 0 Å². The second-order valence-electron chi connectivity index (χ2n) is 3.34. The zero-order chi connectivity index (χ0) is 9.97. The highest BCUT2D eigenvalue weighted by Crippen LogP contribution is 2.24. The molecule has 1 heterocycles. The van der Waals surface area contributed by atoms with Crippen LogP contribution in [0.3, 0.4) is 0 Å². The highest BCUT2D eigenvalue weighted by atomic mass is 16.3. The van der Waals surface area contributed by atoms with E-state index in [4.69, 9.17) is 10.2 Å². The van der Waals surface area contributed by atoms with Crippen molar-refractivity contribution in [1.82, 2.24) is 0 Å². The molecular weight excluding hydrogens is 174 g/mol. The molecule has 0 radical (unpaired) electrons. The maximum atomic E-state index is 5.67. The van der Waals surface area contributed by atoms with Gasteiger partial charge in [0.15, 0.2) is 0 Å². The Hall–Kier alpha value is -1.54. The Morgan fingerprint density at radius 1 is 1.29 bits per heavy atom. The van der Waals surface area contributed by atoms with Crippen LogP contribution >= 0.6 is 0 Å². The molecule has 0 aliphatic rings. The second-order valence-corrected chi connectivity index (χ2v) is 3.34. The predicted octanol–water partition coefficient (Wildman–Crippen LogP) is 2.71. The minimum Gasteiger partial charge on any atom is -0.464 e. The molecule has 0 fully saturated rings. The van der Waals surface area contributed by atoms with Gasteiger partial charge in [-0.1, -0.05) is 17.7 Å². The molecule has 0 saturated carbocycles. The van der Waals surface area contributed by atoms with Gasteiger partial charge in [0, 0.05) is 12.1 Å². The van der Waals surface area contributed by atoms with Gasteiger partial charge >= 0.3 is 0 Å². The van der Waals surface area contributed by atoms with E-state index >= 15 is 0 Å². The van der Waals surface area contributed by atoms with Crippen molar-refractivity contribution in [3.8, 4) is 11.3 Å². The van der Waals surface area contributed by atoms with Crippen molar-refractivity contribution in [1.29, 1.82) is 0 Å². The van der Waals surface area contributed by atoms with Gasteiger partial charge in [-0.2, -0.15) is 0 Å². The van der Waals surface area contributed by atoms with E-state index in [1.54, 1.807) is 6.26 Å². The molecular formula is C12H13NO. The van der Waals surface area contributed by atoms with E-state index in [0.717, 1.165) is 16.9 Å². The van der Waals surface area contributed by atoms with Crippen LogP contribution in [0.15, 0.2) is 41.0 Å². The van der Waals surface area contributed by atoms with Crippen LogP contribution < -0.4 is 5.73 Å². The van der Waals surface area contributed by atoms with E-state index in [0.29, 0.717) is 6.54 Å². The Bertz CT molecular complexity index is 418. The minimum absolute atomic E-state index is 0.538. The van der Waals surface area contributed by atoms with Gasteiger partial charge in [0.25, 0.3) is 0 Å². The lowest BCUT2D eigenvalue weighted by Crippen LogP contribution is -1.98. The summed E-state index contributed by atoms with van der Waals surface area (Å²) in [6, 6.07) is 10.1. The van der Waals surface area contributed by atoms with Crippen molar-refractivity contribution in [3.63, 3.8) is 0 Å². The molecule has 0 bridgehead atoms. The summed E-state index contributed by atoms with van der Waals surface area (Å²) in [5.41, 5.74) is 9.09. The number of aryl methyl sites for hydroxylation is 1. The lowest BCUT2D eigenvalue weighted by molar-refractivity contribution is 0.581. The maximum absolute atomic E-state index is 5.67. The fourth-order valence-electron chi connectivity index (χ4n) is 1.53. The van der Waals surface area contributed by atoms with Gasteiger partial charge in [-0.3, -0.25) is 0 Å². The third kappa shape index (κ3) is 1.56. The van der Waals surface area contributed by atoms with Crippen LogP contribution in [-0.2, 0) is 6.54 Å². The van der Waals surface area contributed by atoms with Crippen LogP contribution in [0.1, 0.15) is 11.1 Å². The number of hydrogen-bond donors (Lipinski definition) is 1. The van der Waals surface area contributed by atoms with Crippen molar-refractivity contribution in [2.75, 3.05) is 0 Å². The van der Waals surface area contributed by atoms with Crippen LogP contribution in [0.5, 0.6) is 0 Å². The third-order valence-corrected chi connectivity index (χ3v) is 2.27. The topological polar surface area (TPSA) is 39.2 Å². The maximum Gasteiger partial charge on any atom is 0.134 e. The van der Waals surface area contributed by atoms with E-state index < -0.39 is 0 Å². The van der Waals surface area contributed by atoms with Gasteiger partial charge < -0.3 is 10.2 Å². The molecule has 2 nitrogen and oxygen atoms in total. The van der Waals surface area contributed by atoms with Gasteiger partial charge in [-0.25, -0.2) is 0 Å². The quantitative estimate of drug-likeness (QED) is 0.785. The van der Waals surface area contributed by atoms with Crippen molar-refractivity contribution < 1.29 is 4.42 Å². The monoisotopic (exact) mass is 187 g/mol. The third-order valence-electron chi connectivity index (χ3n) is 2.27. The minimum atomic E-state index is 0.538. The fraction of sp³-hybridized carbons (Fsp3) is 0.167. The van der Waals surface area contributed by atoms with Crippen LogP contribution in [0, 0.1) is 6.92 Å². The number of rotatable bonds is 2. The Labute approximate surface area is 83.4 Å². The van der Waals surface area contributed by atoms with Crippen LogP contribution in [-0.4, -0.2) is 0 Å². The van der Waals surface area contributed by atoms with E-state index in [1.165, 1.54) is 5.56 Å². The first-order chi connectivity index (χ1) is 6.81. The van der Waals surface area contributed by atoms with Crippen molar-refractivity contribution in [2.24, 2.45) is 5.73 Å². The summed E-state index contributed by atoms with van der Waals surface area (Å²) in [7, 11) is 0. The molecule has 14 heavy (non-hydrogen) atoms. The van der Waals surface area contributed by atoms with Crippen LogP contribution in [0.2, 0.25) is 0 Å². The first kappa shape index (κ1) is 9.03. The first-order valence-corrected chi connectivity index (χ1v) is 4.65. The Morgan fingerprint density at radius 3 is 2.79 bits per heavy atom. The van der Waals surface area contributed by atoms with Crippen molar-refractivity contribution in [3.05, 3.63) is 47.7 Å². The zero-order valence-corrected chi connectivity index (χ0v) is 8.16.